The summed E-state index contributed by atoms with van der Waals surface area (Å²) in [6.45, 7) is 3.07. The Bertz CT molecular complexity index is 737. The SMILES string of the molecule is CC1=CC(=O)[C@H](Cl)[C@@](C)(Cl)C1=NS(=O)(=O)c1ccccc1. The molecule has 2 rings (SSSR count). The Morgan fingerprint density at radius 2 is 1.81 bits per heavy atom. The van der Waals surface area contributed by atoms with E-state index in [9.17, 15) is 13.2 Å². The molecule has 0 spiro atoms. The number of carbonyl (C=O) groups excluding carboxylic acids is 1. The van der Waals surface area contributed by atoms with E-state index >= 15 is 0 Å². The van der Waals surface area contributed by atoms with Crippen LogP contribution in [-0.2, 0) is 14.8 Å². The standard InChI is InChI=1S/C14H13Cl2NO3S/c1-9-8-11(18)12(15)14(2,16)13(9)17-21(19,20)10-6-4-3-5-7-10/h3-8,12H,1-2H3/t12-,14+/m0/s1. The van der Waals surface area contributed by atoms with Crippen LogP contribution in [-0.4, -0.2) is 30.2 Å². The molecule has 0 amide bonds. The molecule has 21 heavy (non-hydrogen) atoms. The van der Waals surface area contributed by atoms with Gasteiger partial charge in [0.1, 0.15) is 10.3 Å². The van der Waals surface area contributed by atoms with Crippen LogP contribution in [0.5, 0.6) is 0 Å². The van der Waals surface area contributed by atoms with Crippen LogP contribution in [0.1, 0.15) is 13.8 Å². The van der Waals surface area contributed by atoms with Gasteiger partial charge in [0.25, 0.3) is 10.0 Å². The highest BCUT2D eigenvalue weighted by atomic mass is 35.5. The number of hydrogen-bond acceptors (Lipinski definition) is 3. The summed E-state index contributed by atoms with van der Waals surface area (Å²) in [6.07, 6.45) is 1.27. The number of allylic oxidation sites excluding steroid dienone is 2. The van der Waals surface area contributed by atoms with Gasteiger partial charge in [-0.25, -0.2) is 0 Å². The summed E-state index contributed by atoms with van der Waals surface area (Å²) in [7, 11) is -3.91. The molecule has 0 fully saturated rings. The van der Waals surface area contributed by atoms with E-state index in [1.807, 2.05) is 0 Å². The fraction of sp³-hybridized carbons (Fsp3) is 0.286. The second-order valence-corrected chi connectivity index (χ2v) is 7.72. The zero-order valence-corrected chi connectivity index (χ0v) is 13.7. The maximum Gasteiger partial charge on any atom is 0.282 e. The first-order valence-corrected chi connectivity index (χ1v) is 8.37. The lowest BCUT2D eigenvalue weighted by Gasteiger charge is -2.31. The molecule has 1 aromatic carbocycles. The van der Waals surface area contributed by atoms with Crippen molar-refractivity contribution in [3.8, 4) is 0 Å². The molecule has 0 N–H and O–H groups in total. The third-order valence-electron chi connectivity index (χ3n) is 3.17. The van der Waals surface area contributed by atoms with Crippen molar-refractivity contribution in [1.82, 2.24) is 0 Å². The predicted octanol–water partition coefficient (Wildman–Crippen LogP) is 2.95. The van der Waals surface area contributed by atoms with E-state index in [0.717, 1.165) is 0 Å². The van der Waals surface area contributed by atoms with Crippen molar-refractivity contribution in [3.05, 3.63) is 42.0 Å². The van der Waals surface area contributed by atoms with Gasteiger partial charge in [-0.1, -0.05) is 18.2 Å². The van der Waals surface area contributed by atoms with E-state index in [4.69, 9.17) is 23.2 Å². The van der Waals surface area contributed by atoms with Gasteiger partial charge in [0.2, 0.25) is 0 Å². The normalized spacial score (nSPS) is 28.6. The van der Waals surface area contributed by atoms with Gasteiger partial charge in [0, 0.05) is 0 Å². The van der Waals surface area contributed by atoms with Gasteiger partial charge in [-0.2, -0.15) is 12.8 Å². The Kier molecular flexibility index (Phi) is 4.29. The maximum atomic E-state index is 12.3. The third-order valence-corrected chi connectivity index (χ3v) is 5.62. The minimum atomic E-state index is -3.91. The van der Waals surface area contributed by atoms with Gasteiger partial charge >= 0.3 is 0 Å². The van der Waals surface area contributed by atoms with Crippen LogP contribution in [0.15, 0.2) is 51.3 Å². The summed E-state index contributed by atoms with van der Waals surface area (Å²) in [6, 6.07) is 7.79. The molecule has 2 atom stereocenters. The molecule has 1 aromatic rings. The summed E-state index contributed by atoms with van der Waals surface area (Å²) in [5.41, 5.74) is 0.488. The van der Waals surface area contributed by atoms with Crippen molar-refractivity contribution >= 4 is 44.7 Å². The summed E-state index contributed by atoms with van der Waals surface area (Å²) >= 11 is 12.3. The highest BCUT2D eigenvalue weighted by Crippen LogP contribution is 2.34. The van der Waals surface area contributed by atoms with E-state index in [0.29, 0.717) is 5.57 Å². The first-order chi connectivity index (χ1) is 9.66. The molecule has 4 nitrogen and oxygen atoms in total. The van der Waals surface area contributed by atoms with Crippen LogP contribution >= 0.6 is 23.2 Å². The van der Waals surface area contributed by atoms with E-state index in [1.165, 1.54) is 25.1 Å². The number of alkyl halides is 2. The second kappa shape index (κ2) is 5.55. The first kappa shape index (κ1) is 16.2. The molecule has 0 aromatic heterocycles. The number of carbonyl (C=O) groups is 1. The summed E-state index contributed by atoms with van der Waals surface area (Å²) in [5, 5.41) is -1.06. The minimum absolute atomic E-state index is 0.0563. The van der Waals surface area contributed by atoms with Crippen LogP contribution < -0.4 is 0 Å². The van der Waals surface area contributed by atoms with Crippen molar-refractivity contribution in [3.63, 3.8) is 0 Å². The summed E-state index contributed by atoms with van der Waals surface area (Å²) in [5.74, 6) is -0.359. The van der Waals surface area contributed by atoms with Gasteiger partial charge in [-0.05, 0) is 37.6 Å². The molecule has 0 radical (unpaired) electrons. The fourth-order valence-electron chi connectivity index (χ4n) is 2.05. The minimum Gasteiger partial charge on any atom is -0.293 e. The molecule has 0 saturated heterocycles. The predicted molar refractivity (Wildman–Crippen MR) is 83.7 cm³/mol. The smallest absolute Gasteiger partial charge is 0.282 e. The average Bonchev–Trinajstić information content (AvgIpc) is 2.43. The number of rotatable bonds is 2. The molecule has 1 aliphatic rings. The van der Waals surface area contributed by atoms with E-state index in [1.54, 1.807) is 25.1 Å². The molecule has 0 saturated carbocycles. The van der Waals surface area contributed by atoms with Crippen molar-refractivity contribution in [2.24, 2.45) is 4.40 Å². The second-order valence-electron chi connectivity index (χ2n) is 4.90. The topological polar surface area (TPSA) is 63.6 Å². The van der Waals surface area contributed by atoms with Gasteiger partial charge in [0.05, 0.1) is 10.6 Å². The molecule has 0 unspecified atom stereocenters. The van der Waals surface area contributed by atoms with Gasteiger partial charge < -0.3 is 0 Å². The van der Waals surface area contributed by atoms with Crippen LogP contribution in [0.25, 0.3) is 0 Å². The van der Waals surface area contributed by atoms with E-state index < -0.39 is 20.3 Å². The van der Waals surface area contributed by atoms with Crippen LogP contribution in [0, 0.1) is 0 Å². The molecular weight excluding hydrogens is 333 g/mol. The largest absolute Gasteiger partial charge is 0.293 e. The average molecular weight is 346 g/mol. The number of sulfonamides is 1. The van der Waals surface area contributed by atoms with Crippen molar-refractivity contribution < 1.29 is 13.2 Å². The number of halogens is 2. The van der Waals surface area contributed by atoms with Gasteiger partial charge in [-0.15, -0.1) is 23.2 Å². The molecule has 0 aliphatic heterocycles. The number of nitrogens with zero attached hydrogens (tertiary/aromatic N) is 1. The van der Waals surface area contributed by atoms with Crippen molar-refractivity contribution in [2.75, 3.05) is 0 Å². The Balaban J connectivity index is 2.59. The van der Waals surface area contributed by atoms with Gasteiger partial charge in [0.15, 0.2) is 5.78 Å². The summed E-state index contributed by atoms with van der Waals surface area (Å²) < 4.78 is 28.4. The first-order valence-electron chi connectivity index (χ1n) is 6.12. The number of ketones is 1. The van der Waals surface area contributed by atoms with Crippen LogP contribution in [0.4, 0.5) is 0 Å². The fourth-order valence-corrected chi connectivity index (χ4v) is 3.75. The number of hydrogen-bond donors (Lipinski definition) is 0. The third kappa shape index (κ3) is 3.05. The van der Waals surface area contributed by atoms with E-state index in [-0.39, 0.29) is 16.4 Å². The Hall–Kier alpha value is -1.17. The van der Waals surface area contributed by atoms with Crippen LogP contribution in [0.2, 0.25) is 0 Å². The highest BCUT2D eigenvalue weighted by molar-refractivity contribution is 7.90. The Morgan fingerprint density at radius 3 is 2.38 bits per heavy atom. The van der Waals surface area contributed by atoms with Crippen molar-refractivity contribution in [2.45, 2.75) is 29.0 Å². The van der Waals surface area contributed by atoms with Gasteiger partial charge in [-0.3, -0.25) is 4.79 Å². The maximum absolute atomic E-state index is 12.3. The molecule has 1 aliphatic carbocycles. The molecule has 0 heterocycles. The molecule has 0 bridgehead atoms. The zero-order chi connectivity index (χ0) is 15.8. The molecule has 7 heteroatoms. The quantitative estimate of drug-likeness (QED) is 0.774. The van der Waals surface area contributed by atoms with E-state index in [2.05, 4.69) is 4.40 Å². The highest BCUT2D eigenvalue weighted by Gasteiger charge is 2.44. The lowest BCUT2D eigenvalue weighted by atomic mass is 9.87. The number of benzene rings is 1. The monoisotopic (exact) mass is 345 g/mol. The van der Waals surface area contributed by atoms with Crippen LogP contribution in [0.3, 0.4) is 0 Å². The summed E-state index contributed by atoms with van der Waals surface area (Å²) in [4.78, 5) is 10.4. The lowest BCUT2D eigenvalue weighted by Crippen LogP contribution is -2.46. The molecular formula is C14H13Cl2NO3S. The molecule has 112 valence electrons. The zero-order valence-electron chi connectivity index (χ0n) is 11.4. The van der Waals surface area contributed by atoms with Crippen molar-refractivity contribution in [1.29, 1.82) is 0 Å². The Labute approximate surface area is 133 Å². The lowest BCUT2D eigenvalue weighted by molar-refractivity contribution is -0.114. The Morgan fingerprint density at radius 1 is 1.24 bits per heavy atom.